The monoisotopic (exact) mass is 477 g/mol. The molecule has 0 saturated heterocycles. The maximum atomic E-state index is 9.58. The third-order valence-corrected chi connectivity index (χ3v) is 7.54. The molecule has 1 aliphatic rings. The SMILES string of the molecule is CC1(C)c2ccccc2Oc2ccc(-c3ccc4c(c3)c3cc(C#N)ccc3n4-c3ccccn3)cc21. The molecule has 4 nitrogen and oxygen atoms in total. The normalized spacial score (nSPS) is 13.5. The summed E-state index contributed by atoms with van der Waals surface area (Å²) in [5.41, 5.74) is 7.17. The van der Waals surface area contributed by atoms with Crippen molar-refractivity contribution in [3.8, 4) is 34.5 Å². The van der Waals surface area contributed by atoms with Gasteiger partial charge in [0, 0.05) is 33.5 Å². The zero-order valence-corrected chi connectivity index (χ0v) is 20.6. The van der Waals surface area contributed by atoms with Crippen molar-refractivity contribution in [1.29, 1.82) is 5.26 Å². The Morgan fingerprint density at radius 2 is 1.43 bits per heavy atom. The minimum Gasteiger partial charge on any atom is -0.457 e. The van der Waals surface area contributed by atoms with Crippen LogP contribution in [0, 0.1) is 11.3 Å². The molecule has 0 aliphatic carbocycles. The van der Waals surface area contributed by atoms with Gasteiger partial charge in [-0.3, -0.25) is 4.57 Å². The second-order valence-corrected chi connectivity index (χ2v) is 10.0. The number of hydrogen-bond donors (Lipinski definition) is 0. The van der Waals surface area contributed by atoms with E-state index in [1.807, 2.05) is 48.5 Å². The molecule has 0 amide bonds. The maximum Gasteiger partial charge on any atom is 0.137 e. The van der Waals surface area contributed by atoms with Crippen molar-refractivity contribution in [1.82, 2.24) is 9.55 Å². The van der Waals surface area contributed by atoms with Gasteiger partial charge >= 0.3 is 0 Å². The molecule has 0 N–H and O–H groups in total. The molecular formula is C33H23N3O. The van der Waals surface area contributed by atoms with E-state index < -0.39 is 0 Å². The highest BCUT2D eigenvalue weighted by atomic mass is 16.5. The van der Waals surface area contributed by atoms with Gasteiger partial charge in [-0.25, -0.2) is 4.98 Å². The molecule has 0 fully saturated rings. The molecule has 2 aromatic heterocycles. The summed E-state index contributed by atoms with van der Waals surface area (Å²) in [7, 11) is 0. The lowest BCUT2D eigenvalue weighted by Gasteiger charge is -2.34. The molecule has 0 spiro atoms. The van der Waals surface area contributed by atoms with Crippen LogP contribution in [-0.4, -0.2) is 9.55 Å². The first-order valence-electron chi connectivity index (χ1n) is 12.4. The number of rotatable bonds is 2. The van der Waals surface area contributed by atoms with Crippen LogP contribution in [0.25, 0.3) is 38.8 Å². The second kappa shape index (κ2) is 7.81. The highest BCUT2D eigenvalue weighted by Crippen LogP contribution is 2.48. The summed E-state index contributed by atoms with van der Waals surface area (Å²) in [6, 6.07) is 35.3. The first-order valence-corrected chi connectivity index (χ1v) is 12.4. The van der Waals surface area contributed by atoms with Gasteiger partial charge in [0.2, 0.25) is 0 Å². The molecule has 37 heavy (non-hydrogen) atoms. The average Bonchev–Trinajstić information content (AvgIpc) is 3.26. The van der Waals surface area contributed by atoms with Crippen molar-refractivity contribution in [3.63, 3.8) is 0 Å². The number of fused-ring (bicyclic) bond motifs is 5. The number of nitrogens with zero attached hydrogens (tertiary/aromatic N) is 3. The second-order valence-electron chi connectivity index (χ2n) is 10.0. The quantitative estimate of drug-likeness (QED) is 0.253. The number of ether oxygens (including phenoxy) is 1. The van der Waals surface area contributed by atoms with Gasteiger partial charge in [-0.1, -0.05) is 50.2 Å². The van der Waals surface area contributed by atoms with Crippen LogP contribution < -0.4 is 4.74 Å². The van der Waals surface area contributed by atoms with Crippen molar-refractivity contribution in [3.05, 3.63) is 120 Å². The van der Waals surface area contributed by atoms with Gasteiger partial charge in [-0.05, 0) is 71.8 Å². The van der Waals surface area contributed by atoms with Crippen molar-refractivity contribution >= 4 is 21.8 Å². The molecule has 6 aromatic rings. The number of para-hydroxylation sites is 1. The Morgan fingerprint density at radius 3 is 2.24 bits per heavy atom. The van der Waals surface area contributed by atoms with E-state index in [0.29, 0.717) is 5.56 Å². The molecule has 0 atom stereocenters. The van der Waals surface area contributed by atoms with E-state index in [1.165, 1.54) is 11.1 Å². The lowest BCUT2D eigenvalue weighted by molar-refractivity contribution is 0.418. The van der Waals surface area contributed by atoms with Crippen LogP contribution in [0.4, 0.5) is 0 Å². The lowest BCUT2D eigenvalue weighted by atomic mass is 9.75. The molecule has 176 valence electrons. The summed E-state index contributed by atoms with van der Waals surface area (Å²) in [6.07, 6.45) is 1.81. The Hall–Kier alpha value is -4.88. The highest BCUT2D eigenvalue weighted by Gasteiger charge is 2.34. The van der Waals surface area contributed by atoms with E-state index in [2.05, 4.69) is 78.0 Å². The van der Waals surface area contributed by atoms with Crippen LogP contribution in [-0.2, 0) is 5.41 Å². The van der Waals surface area contributed by atoms with E-state index in [1.54, 1.807) is 6.20 Å². The number of hydrogen-bond acceptors (Lipinski definition) is 3. The Morgan fingerprint density at radius 1 is 0.730 bits per heavy atom. The predicted molar refractivity (Wildman–Crippen MR) is 147 cm³/mol. The van der Waals surface area contributed by atoms with E-state index >= 15 is 0 Å². The third-order valence-electron chi connectivity index (χ3n) is 7.54. The van der Waals surface area contributed by atoms with Crippen molar-refractivity contribution in [2.75, 3.05) is 0 Å². The van der Waals surface area contributed by atoms with Gasteiger partial charge in [0.15, 0.2) is 0 Å². The van der Waals surface area contributed by atoms with E-state index in [-0.39, 0.29) is 5.41 Å². The fourth-order valence-electron chi connectivity index (χ4n) is 5.63. The Kier molecular flexibility index (Phi) is 4.52. The first-order chi connectivity index (χ1) is 18.0. The Labute approximate surface area is 215 Å². The molecular weight excluding hydrogens is 454 g/mol. The fraction of sp³-hybridized carbons (Fsp3) is 0.0909. The summed E-state index contributed by atoms with van der Waals surface area (Å²) in [4.78, 5) is 4.61. The molecule has 3 heterocycles. The molecule has 7 rings (SSSR count). The van der Waals surface area contributed by atoms with Crippen LogP contribution in [0.1, 0.15) is 30.5 Å². The minimum atomic E-state index is -0.180. The summed E-state index contributed by atoms with van der Waals surface area (Å²) in [5.74, 6) is 2.68. The van der Waals surface area contributed by atoms with Gasteiger partial charge in [0.05, 0.1) is 22.7 Å². The van der Waals surface area contributed by atoms with Gasteiger partial charge in [-0.15, -0.1) is 0 Å². The average molecular weight is 478 g/mol. The van der Waals surface area contributed by atoms with Gasteiger partial charge in [0.1, 0.15) is 17.3 Å². The zero-order valence-electron chi connectivity index (χ0n) is 20.6. The minimum absolute atomic E-state index is 0.180. The molecule has 4 heteroatoms. The largest absolute Gasteiger partial charge is 0.457 e. The molecule has 0 bridgehead atoms. The van der Waals surface area contributed by atoms with Crippen molar-refractivity contribution in [2.24, 2.45) is 0 Å². The molecule has 1 aliphatic heterocycles. The van der Waals surface area contributed by atoms with Crippen LogP contribution in [0.2, 0.25) is 0 Å². The fourth-order valence-corrected chi connectivity index (χ4v) is 5.63. The van der Waals surface area contributed by atoms with E-state index in [4.69, 9.17) is 4.74 Å². The Bertz CT molecular complexity index is 1890. The van der Waals surface area contributed by atoms with Gasteiger partial charge < -0.3 is 4.74 Å². The molecule has 0 radical (unpaired) electrons. The highest BCUT2D eigenvalue weighted by molar-refractivity contribution is 6.10. The first kappa shape index (κ1) is 21.4. The van der Waals surface area contributed by atoms with Crippen LogP contribution >= 0.6 is 0 Å². The van der Waals surface area contributed by atoms with Crippen LogP contribution in [0.15, 0.2) is 103 Å². The lowest BCUT2D eigenvalue weighted by Crippen LogP contribution is -2.24. The topological polar surface area (TPSA) is 50.8 Å². The molecule has 0 unspecified atom stereocenters. The van der Waals surface area contributed by atoms with Gasteiger partial charge in [0.25, 0.3) is 0 Å². The van der Waals surface area contributed by atoms with E-state index in [9.17, 15) is 5.26 Å². The van der Waals surface area contributed by atoms with E-state index in [0.717, 1.165) is 50.2 Å². The summed E-state index contributed by atoms with van der Waals surface area (Å²) in [6.45, 7) is 4.51. The smallest absolute Gasteiger partial charge is 0.137 e. The molecule has 4 aromatic carbocycles. The third kappa shape index (κ3) is 3.18. The number of benzene rings is 4. The summed E-state index contributed by atoms with van der Waals surface area (Å²) < 4.78 is 8.43. The van der Waals surface area contributed by atoms with Crippen LogP contribution in [0.3, 0.4) is 0 Å². The predicted octanol–water partition coefficient (Wildman–Crippen LogP) is 8.15. The number of aromatic nitrogens is 2. The van der Waals surface area contributed by atoms with Crippen LogP contribution in [0.5, 0.6) is 11.5 Å². The molecule has 0 saturated carbocycles. The standard InChI is InChI=1S/C33H23N3O/c1-33(2)26-7-3-4-8-30(26)37-31-15-12-23(19-27(31)33)22-11-14-29-25(18-22)24-17-21(20-34)10-13-28(24)36(29)32-9-5-6-16-35-32/h3-19H,1-2H3. The number of nitriles is 1. The van der Waals surface area contributed by atoms with Crippen molar-refractivity contribution < 1.29 is 4.74 Å². The van der Waals surface area contributed by atoms with Gasteiger partial charge in [-0.2, -0.15) is 5.26 Å². The zero-order chi connectivity index (χ0) is 25.1. The maximum absolute atomic E-state index is 9.58. The van der Waals surface area contributed by atoms with Crippen molar-refractivity contribution in [2.45, 2.75) is 19.3 Å². The summed E-state index contributed by atoms with van der Waals surface area (Å²) in [5, 5.41) is 11.7. The number of pyridine rings is 1. The summed E-state index contributed by atoms with van der Waals surface area (Å²) >= 11 is 0. The Balaban J connectivity index is 1.43.